The van der Waals surface area contributed by atoms with Gasteiger partial charge in [-0.1, -0.05) is 39.5 Å². The molecule has 1 fully saturated rings. The van der Waals surface area contributed by atoms with Gasteiger partial charge in [-0.15, -0.1) is 0 Å². The van der Waals surface area contributed by atoms with Gasteiger partial charge < -0.3 is 5.32 Å². The molecule has 0 radical (unpaired) electrons. The summed E-state index contributed by atoms with van der Waals surface area (Å²) >= 11 is 0. The maximum atomic E-state index is 3.76. The maximum Gasteiger partial charge on any atom is 0.00967 e. The van der Waals surface area contributed by atoms with Crippen molar-refractivity contribution in [1.82, 2.24) is 5.32 Å². The van der Waals surface area contributed by atoms with Crippen molar-refractivity contribution in [2.45, 2.75) is 85.1 Å². The highest BCUT2D eigenvalue weighted by Crippen LogP contribution is 2.40. The Kier molecular flexibility index (Phi) is 5.50. The summed E-state index contributed by atoms with van der Waals surface area (Å²) in [6.07, 6.45) is 10.1. The molecule has 1 rings (SSSR count). The fraction of sp³-hybridized carbons (Fsp3) is 1.00. The molecule has 0 aromatic rings. The van der Waals surface area contributed by atoms with E-state index in [1.54, 1.807) is 0 Å². The molecule has 1 heteroatoms. The minimum Gasteiger partial charge on any atom is -0.312 e. The Morgan fingerprint density at radius 1 is 1.06 bits per heavy atom. The van der Waals surface area contributed by atoms with Gasteiger partial charge in [0.1, 0.15) is 0 Å². The van der Waals surface area contributed by atoms with Crippen molar-refractivity contribution in [3.05, 3.63) is 0 Å². The smallest absolute Gasteiger partial charge is 0.00967 e. The van der Waals surface area contributed by atoms with Crippen molar-refractivity contribution >= 4 is 0 Å². The minimum atomic E-state index is 0.266. The molecule has 0 aliphatic heterocycles. The number of hydrogen-bond donors (Lipinski definition) is 1. The Balaban J connectivity index is 2.52. The van der Waals surface area contributed by atoms with E-state index in [2.05, 4.69) is 39.9 Å². The molecule has 1 N–H and O–H groups in total. The van der Waals surface area contributed by atoms with Crippen LogP contribution in [0, 0.1) is 11.3 Å². The van der Waals surface area contributed by atoms with Gasteiger partial charge in [-0.25, -0.2) is 0 Å². The van der Waals surface area contributed by atoms with Crippen LogP contribution in [-0.4, -0.2) is 12.1 Å². The molecule has 17 heavy (non-hydrogen) atoms. The first-order valence-corrected chi connectivity index (χ1v) is 7.58. The molecule has 102 valence electrons. The van der Waals surface area contributed by atoms with Gasteiger partial charge in [0.05, 0.1) is 0 Å². The Hall–Kier alpha value is -0.0400. The van der Waals surface area contributed by atoms with Crippen molar-refractivity contribution < 1.29 is 0 Å². The molecule has 0 amide bonds. The Morgan fingerprint density at radius 3 is 2.12 bits per heavy atom. The Bertz CT molecular complexity index is 206. The van der Waals surface area contributed by atoms with Gasteiger partial charge in [0.2, 0.25) is 0 Å². The van der Waals surface area contributed by atoms with Crippen LogP contribution in [0.15, 0.2) is 0 Å². The largest absolute Gasteiger partial charge is 0.312 e. The van der Waals surface area contributed by atoms with Gasteiger partial charge in [-0.3, -0.25) is 0 Å². The predicted octanol–water partition coefficient (Wildman–Crippen LogP) is 4.76. The third-order valence-corrected chi connectivity index (χ3v) is 4.16. The molecule has 1 aliphatic carbocycles. The van der Waals surface area contributed by atoms with Crippen LogP contribution in [0.4, 0.5) is 0 Å². The molecule has 0 aromatic heterocycles. The summed E-state index contributed by atoms with van der Waals surface area (Å²) in [6, 6.07) is 0. The number of hydrogen-bond acceptors (Lipinski definition) is 1. The van der Waals surface area contributed by atoms with E-state index in [0.717, 1.165) is 5.92 Å². The second kappa shape index (κ2) is 6.22. The van der Waals surface area contributed by atoms with Gasteiger partial charge >= 0.3 is 0 Å². The average Bonchev–Trinajstić information content (AvgIpc) is 2.25. The molecule has 0 saturated heterocycles. The van der Waals surface area contributed by atoms with Crippen LogP contribution in [0.5, 0.6) is 0 Å². The lowest BCUT2D eigenvalue weighted by molar-refractivity contribution is 0.143. The molecule has 1 nitrogen and oxygen atoms in total. The second-order valence-corrected chi connectivity index (χ2v) is 7.60. The van der Waals surface area contributed by atoms with E-state index < -0.39 is 0 Å². The third-order valence-electron chi connectivity index (χ3n) is 4.16. The predicted molar refractivity (Wildman–Crippen MR) is 77.3 cm³/mol. The second-order valence-electron chi connectivity index (χ2n) is 7.60. The molecule has 1 saturated carbocycles. The van der Waals surface area contributed by atoms with Crippen LogP contribution in [0.25, 0.3) is 0 Å². The Morgan fingerprint density at radius 2 is 1.65 bits per heavy atom. The van der Waals surface area contributed by atoms with E-state index in [0.29, 0.717) is 5.41 Å². The van der Waals surface area contributed by atoms with Crippen molar-refractivity contribution in [3.63, 3.8) is 0 Å². The highest BCUT2D eigenvalue weighted by Gasteiger charge is 2.32. The lowest BCUT2D eigenvalue weighted by Gasteiger charge is -2.40. The molecule has 0 aromatic carbocycles. The lowest BCUT2D eigenvalue weighted by atomic mass is 9.70. The van der Waals surface area contributed by atoms with Gasteiger partial charge in [-0.05, 0) is 51.4 Å². The van der Waals surface area contributed by atoms with Crippen LogP contribution in [0.2, 0.25) is 0 Å². The van der Waals surface area contributed by atoms with Gasteiger partial charge in [0.25, 0.3) is 0 Å². The normalized spacial score (nSPS) is 20.8. The molecule has 0 bridgehead atoms. The molecule has 0 unspecified atom stereocenters. The summed E-state index contributed by atoms with van der Waals surface area (Å²) in [6.45, 7) is 12.8. The summed E-state index contributed by atoms with van der Waals surface area (Å²) in [7, 11) is 0. The zero-order chi connectivity index (χ0) is 12.9. The average molecular weight is 239 g/mol. The van der Waals surface area contributed by atoms with Gasteiger partial charge in [-0.2, -0.15) is 0 Å². The van der Waals surface area contributed by atoms with Crippen molar-refractivity contribution in [2.24, 2.45) is 11.3 Å². The summed E-state index contributed by atoms with van der Waals surface area (Å²) in [5, 5.41) is 3.76. The molecule has 0 spiro atoms. The number of nitrogens with one attached hydrogen (secondary N) is 1. The number of rotatable bonds is 5. The molecule has 0 heterocycles. The highest BCUT2D eigenvalue weighted by atomic mass is 15.0. The van der Waals surface area contributed by atoms with Crippen molar-refractivity contribution in [2.75, 3.05) is 6.54 Å². The summed E-state index contributed by atoms with van der Waals surface area (Å²) in [5.74, 6) is 0.850. The van der Waals surface area contributed by atoms with E-state index in [4.69, 9.17) is 0 Å². The summed E-state index contributed by atoms with van der Waals surface area (Å²) in [5.41, 5.74) is 0.873. The van der Waals surface area contributed by atoms with Crippen molar-refractivity contribution in [1.29, 1.82) is 0 Å². The van der Waals surface area contributed by atoms with E-state index in [9.17, 15) is 0 Å². The zero-order valence-electron chi connectivity index (χ0n) is 12.7. The van der Waals surface area contributed by atoms with Gasteiger partial charge in [0, 0.05) is 12.1 Å². The Labute approximate surface area is 109 Å². The maximum absolute atomic E-state index is 3.76. The lowest BCUT2D eigenvalue weighted by Crippen LogP contribution is -2.44. The van der Waals surface area contributed by atoms with E-state index in [1.807, 2.05) is 0 Å². The SMILES string of the molecule is CC(C)CCC1(CNC(C)(C)C)CCCCC1. The molecule has 0 atom stereocenters. The fourth-order valence-corrected chi connectivity index (χ4v) is 2.86. The first-order valence-electron chi connectivity index (χ1n) is 7.58. The molecular weight excluding hydrogens is 206 g/mol. The standard InChI is InChI=1S/C16H33N/c1-14(2)9-12-16(10-7-6-8-11-16)13-17-15(3,4)5/h14,17H,6-13H2,1-5H3. The van der Waals surface area contributed by atoms with Crippen LogP contribution in [0.3, 0.4) is 0 Å². The fourth-order valence-electron chi connectivity index (χ4n) is 2.86. The topological polar surface area (TPSA) is 12.0 Å². The highest BCUT2D eigenvalue weighted by molar-refractivity contribution is 4.87. The zero-order valence-corrected chi connectivity index (χ0v) is 12.7. The van der Waals surface area contributed by atoms with Crippen LogP contribution >= 0.6 is 0 Å². The van der Waals surface area contributed by atoms with Crippen LogP contribution in [-0.2, 0) is 0 Å². The summed E-state index contributed by atoms with van der Waals surface area (Å²) < 4.78 is 0. The quantitative estimate of drug-likeness (QED) is 0.729. The minimum absolute atomic E-state index is 0.266. The van der Waals surface area contributed by atoms with E-state index in [-0.39, 0.29) is 5.54 Å². The summed E-state index contributed by atoms with van der Waals surface area (Å²) in [4.78, 5) is 0. The van der Waals surface area contributed by atoms with Crippen molar-refractivity contribution in [3.8, 4) is 0 Å². The molecule has 1 aliphatic rings. The first-order chi connectivity index (χ1) is 7.83. The van der Waals surface area contributed by atoms with E-state index >= 15 is 0 Å². The first kappa shape index (κ1) is 15.0. The van der Waals surface area contributed by atoms with E-state index in [1.165, 1.54) is 51.5 Å². The van der Waals surface area contributed by atoms with Crippen LogP contribution in [0.1, 0.15) is 79.6 Å². The monoisotopic (exact) mass is 239 g/mol. The van der Waals surface area contributed by atoms with Crippen LogP contribution < -0.4 is 5.32 Å². The third kappa shape index (κ3) is 5.90. The van der Waals surface area contributed by atoms with Gasteiger partial charge in [0.15, 0.2) is 0 Å². The molecular formula is C16H33N.